The van der Waals surface area contributed by atoms with Gasteiger partial charge < -0.3 is 4.74 Å². The quantitative estimate of drug-likeness (QED) is 0.293. The molecule has 4 aromatic rings. The maximum absolute atomic E-state index is 14.7. The number of hydrogen-bond donors (Lipinski definition) is 0. The molecule has 4 atom stereocenters. The number of hydrogen-bond acceptors (Lipinski definition) is 6. The van der Waals surface area contributed by atoms with Crippen molar-refractivity contribution in [2.75, 3.05) is 5.75 Å². The van der Waals surface area contributed by atoms with Crippen LogP contribution in [0.4, 0.5) is 0 Å². The van der Waals surface area contributed by atoms with Gasteiger partial charge >= 0.3 is 0 Å². The van der Waals surface area contributed by atoms with Crippen molar-refractivity contribution in [2.24, 2.45) is 0 Å². The number of benzene rings is 4. The van der Waals surface area contributed by atoms with E-state index >= 15 is 0 Å². The highest BCUT2D eigenvalue weighted by Crippen LogP contribution is 2.69. The molecule has 0 aromatic heterocycles. The Morgan fingerprint density at radius 3 is 1.61 bits per heavy atom. The van der Waals surface area contributed by atoms with Crippen molar-refractivity contribution in [3.8, 4) is 0 Å². The Balaban J connectivity index is 1.76. The Morgan fingerprint density at radius 2 is 1.08 bits per heavy atom. The van der Waals surface area contributed by atoms with E-state index in [4.69, 9.17) is 4.74 Å². The minimum Gasteiger partial charge on any atom is -0.341 e. The van der Waals surface area contributed by atoms with Gasteiger partial charge in [0.15, 0.2) is 24.6 Å². The molecule has 2 bridgehead atoms. The number of fused-ring (bicyclic) bond motifs is 5. The predicted octanol–water partition coefficient (Wildman–Crippen LogP) is 5.56. The van der Waals surface area contributed by atoms with Gasteiger partial charge in [-0.25, -0.2) is 16.8 Å². The lowest BCUT2D eigenvalue weighted by molar-refractivity contribution is -0.00933. The number of rotatable bonds is 7. The summed E-state index contributed by atoms with van der Waals surface area (Å²) in [5, 5.41) is -2.83. The van der Waals surface area contributed by atoms with E-state index in [1.807, 2.05) is 61.5 Å². The van der Waals surface area contributed by atoms with Crippen LogP contribution in [-0.4, -0.2) is 33.1 Å². The molecule has 5 nitrogen and oxygen atoms in total. The molecular formula is C30H26O5S3. The van der Waals surface area contributed by atoms with Crippen molar-refractivity contribution >= 4 is 31.4 Å². The van der Waals surface area contributed by atoms with Gasteiger partial charge in [0, 0.05) is 5.56 Å². The highest BCUT2D eigenvalue weighted by atomic mass is 32.2. The number of ether oxygens (including phenoxy) is 1. The average molecular weight is 563 g/mol. The minimum absolute atomic E-state index is 0.0684. The summed E-state index contributed by atoms with van der Waals surface area (Å²) in [6.07, 6.45) is 0. The molecule has 2 aliphatic heterocycles. The highest BCUT2D eigenvalue weighted by molar-refractivity contribution is 8.02. The van der Waals surface area contributed by atoms with E-state index in [9.17, 15) is 16.8 Å². The third kappa shape index (κ3) is 3.40. The van der Waals surface area contributed by atoms with Gasteiger partial charge in [0.1, 0.15) is 16.1 Å². The summed E-state index contributed by atoms with van der Waals surface area (Å²) >= 11 is 1.34. The molecule has 2 aliphatic rings. The van der Waals surface area contributed by atoms with Crippen molar-refractivity contribution in [2.45, 2.75) is 37.7 Å². The van der Waals surface area contributed by atoms with E-state index in [1.54, 1.807) is 36.4 Å². The number of thioether (sulfide) groups is 1. The van der Waals surface area contributed by atoms with Crippen molar-refractivity contribution in [1.82, 2.24) is 0 Å². The monoisotopic (exact) mass is 562 g/mol. The van der Waals surface area contributed by atoms with E-state index in [0.29, 0.717) is 22.4 Å². The Morgan fingerprint density at radius 1 is 0.632 bits per heavy atom. The van der Waals surface area contributed by atoms with Crippen molar-refractivity contribution in [3.63, 3.8) is 0 Å². The summed E-state index contributed by atoms with van der Waals surface area (Å²) in [7, 11) is -8.44. The van der Waals surface area contributed by atoms with Gasteiger partial charge in [-0.2, -0.15) is 0 Å². The van der Waals surface area contributed by atoms with E-state index < -0.39 is 40.7 Å². The molecule has 4 unspecified atom stereocenters. The first-order chi connectivity index (χ1) is 18.3. The zero-order chi connectivity index (χ0) is 26.6. The fraction of sp³-hybridized carbons (Fsp3) is 0.200. The molecule has 0 aliphatic carbocycles. The van der Waals surface area contributed by atoms with Crippen LogP contribution < -0.4 is 0 Å². The first-order valence-corrected chi connectivity index (χ1v) is 16.5. The van der Waals surface area contributed by atoms with Gasteiger partial charge in [-0.05, 0) is 41.1 Å². The third-order valence-corrected chi connectivity index (χ3v) is 13.4. The lowest BCUT2D eigenvalue weighted by Crippen LogP contribution is -2.54. The molecule has 0 radical (unpaired) electrons. The van der Waals surface area contributed by atoms with Crippen LogP contribution in [0.15, 0.2) is 125 Å². The highest BCUT2D eigenvalue weighted by Gasteiger charge is 2.77. The van der Waals surface area contributed by atoms with Crippen LogP contribution in [0.2, 0.25) is 0 Å². The third-order valence-electron chi connectivity index (χ3n) is 7.44. The summed E-state index contributed by atoms with van der Waals surface area (Å²) in [5.41, 5.74) is 0.485. The van der Waals surface area contributed by atoms with Gasteiger partial charge in [-0.1, -0.05) is 97.9 Å². The standard InChI is InChI=1S/C30H26O5S3/c1-2-36-30-26-21-13-12-20-25(26)29(35-30,22-14-6-3-7-15-22)27(37(31,32)23-16-8-4-9-17-23)28(30)38(33,34)24-18-10-5-11-19-24/h3-21,27-28H,2H2,1H3. The lowest BCUT2D eigenvalue weighted by Gasteiger charge is -2.39. The molecule has 0 N–H and O–H groups in total. The topological polar surface area (TPSA) is 77.5 Å². The van der Waals surface area contributed by atoms with Crippen molar-refractivity contribution in [1.29, 1.82) is 0 Å². The largest absolute Gasteiger partial charge is 0.341 e. The SMILES string of the molecule is CCSC12OC(c3ccccc3)(c3ccccc31)C(S(=O)(=O)c1ccccc1)C2S(=O)(=O)c1ccccc1. The Hall–Kier alpha value is -2.91. The molecule has 0 saturated carbocycles. The van der Waals surface area contributed by atoms with Gasteiger partial charge in [-0.15, -0.1) is 11.8 Å². The molecular weight excluding hydrogens is 537 g/mol. The molecule has 4 aromatic carbocycles. The van der Waals surface area contributed by atoms with Crippen LogP contribution in [0.25, 0.3) is 0 Å². The summed E-state index contributed by atoms with van der Waals surface area (Å²) in [6.45, 7) is 1.93. The Kier molecular flexibility index (Phi) is 6.07. The maximum atomic E-state index is 14.7. The average Bonchev–Trinajstić information content (AvgIpc) is 3.44. The molecule has 1 fully saturated rings. The second kappa shape index (κ2) is 9.09. The molecule has 1 saturated heterocycles. The van der Waals surface area contributed by atoms with Crippen LogP contribution >= 0.6 is 11.8 Å². The van der Waals surface area contributed by atoms with Gasteiger partial charge in [0.05, 0.1) is 9.79 Å². The zero-order valence-electron chi connectivity index (χ0n) is 20.6. The minimum atomic E-state index is -4.23. The maximum Gasteiger partial charge on any atom is 0.186 e. The predicted molar refractivity (Wildman–Crippen MR) is 149 cm³/mol. The zero-order valence-corrected chi connectivity index (χ0v) is 23.0. The smallest absolute Gasteiger partial charge is 0.186 e. The first kappa shape index (κ1) is 25.4. The van der Waals surface area contributed by atoms with Gasteiger partial charge in [-0.3, -0.25) is 0 Å². The second-order valence-corrected chi connectivity index (χ2v) is 15.0. The van der Waals surface area contributed by atoms with E-state index in [0.717, 1.165) is 0 Å². The molecule has 194 valence electrons. The molecule has 8 heteroatoms. The van der Waals surface area contributed by atoms with Crippen molar-refractivity contribution < 1.29 is 21.6 Å². The summed E-state index contributed by atoms with van der Waals surface area (Å²) in [5.74, 6) is 0.526. The molecule has 2 heterocycles. The van der Waals surface area contributed by atoms with Crippen LogP contribution in [0.5, 0.6) is 0 Å². The van der Waals surface area contributed by atoms with Crippen LogP contribution in [0, 0.1) is 0 Å². The molecule has 38 heavy (non-hydrogen) atoms. The molecule has 6 rings (SSSR count). The summed E-state index contributed by atoms with van der Waals surface area (Å²) in [6, 6.07) is 32.8. The number of sulfone groups is 2. The van der Waals surface area contributed by atoms with Crippen molar-refractivity contribution in [3.05, 3.63) is 132 Å². The van der Waals surface area contributed by atoms with Crippen LogP contribution in [-0.2, 0) is 34.9 Å². The van der Waals surface area contributed by atoms with Crippen LogP contribution in [0.3, 0.4) is 0 Å². The first-order valence-electron chi connectivity index (χ1n) is 12.4. The summed E-state index contributed by atoms with van der Waals surface area (Å²) < 4.78 is 65.6. The molecule has 0 spiro atoms. The van der Waals surface area contributed by atoms with Gasteiger partial charge in [0.2, 0.25) is 0 Å². The lowest BCUT2D eigenvalue weighted by atomic mass is 9.77. The van der Waals surface area contributed by atoms with Crippen LogP contribution in [0.1, 0.15) is 23.6 Å². The second-order valence-electron chi connectivity index (χ2n) is 9.41. The fourth-order valence-electron chi connectivity index (χ4n) is 6.03. The van der Waals surface area contributed by atoms with E-state index in [2.05, 4.69) is 0 Å². The Bertz CT molecular complexity index is 1690. The molecule has 0 amide bonds. The Labute approximate surface area is 227 Å². The fourth-order valence-corrected chi connectivity index (χ4v) is 12.9. The summed E-state index contributed by atoms with van der Waals surface area (Å²) in [4.78, 5) is -1.28. The normalized spacial score (nSPS) is 26.2. The van der Waals surface area contributed by atoms with E-state index in [1.165, 1.54) is 36.0 Å². The van der Waals surface area contributed by atoms with Gasteiger partial charge in [0.25, 0.3) is 0 Å². The van der Waals surface area contributed by atoms with E-state index in [-0.39, 0.29) is 9.79 Å².